The van der Waals surface area contributed by atoms with Crippen LogP contribution in [0.5, 0.6) is 11.5 Å². The Hall–Kier alpha value is -1.26. The molecule has 2 unspecified atom stereocenters. The van der Waals surface area contributed by atoms with Crippen LogP contribution in [0.1, 0.15) is 18.9 Å². The van der Waals surface area contributed by atoms with Gasteiger partial charge in [0.25, 0.3) is 0 Å². The molecule has 0 aliphatic carbocycles. The fourth-order valence-corrected chi connectivity index (χ4v) is 2.00. The highest BCUT2D eigenvalue weighted by Gasteiger charge is 2.14. The number of ether oxygens (including phenoxy) is 3. The van der Waals surface area contributed by atoms with E-state index in [0.717, 1.165) is 36.5 Å². The van der Waals surface area contributed by atoms with Crippen LogP contribution in [0.4, 0.5) is 0 Å². The zero-order valence-corrected chi connectivity index (χ0v) is 12.3. The Labute approximate surface area is 115 Å². The van der Waals surface area contributed by atoms with Crippen molar-refractivity contribution in [1.82, 2.24) is 0 Å². The zero-order valence-electron chi connectivity index (χ0n) is 12.3. The molecule has 1 aromatic carbocycles. The molecule has 0 aromatic heterocycles. The summed E-state index contributed by atoms with van der Waals surface area (Å²) in [4.78, 5) is 0. The first-order valence-corrected chi connectivity index (χ1v) is 6.57. The van der Waals surface area contributed by atoms with Crippen LogP contribution in [0.25, 0.3) is 0 Å². The van der Waals surface area contributed by atoms with Crippen LogP contribution in [-0.2, 0) is 11.2 Å². The second kappa shape index (κ2) is 8.02. The second-order valence-corrected chi connectivity index (χ2v) is 4.82. The van der Waals surface area contributed by atoms with E-state index < -0.39 is 0 Å². The van der Waals surface area contributed by atoms with Crippen molar-refractivity contribution in [1.29, 1.82) is 0 Å². The number of hydrogen-bond donors (Lipinski definition) is 1. The van der Waals surface area contributed by atoms with Gasteiger partial charge in [-0.3, -0.25) is 0 Å². The van der Waals surface area contributed by atoms with Crippen molar-refractivity contribution >= 4 is 0 Å². The first-order chi connectivity index (χ1) is 9.12. The zero-order chi connectivity index (χ0) is 14.3. The molecule has 0 amide bonds. The molecule has 1 aromatic rings. The van der Waals surface area contributed by atoms with Crippen molar-refractivity contribution in [3.05, 3.63) is 23.8 Å². The summed E-state index contributed by atoms with van der Waals surface area (Å²) in [7, 11) is 4.99. The number of nitrogens with two attached hydrogens (primary N) is 1. The summed E-state index contributed by atoms with van der Waals surface area (Å²) in [6.07, 6.45) is 1.80. The molecule has 0 saturated carbocycles. The van der Waals surface area contributed by atoms with Gasteiger partial charge in [-0.15, -0.1) is 0 Å². The maximum atomic E-state index is 6.22. The molecule has 1 rings (SSSR count). The predicted molar refractivity (Wildman–Crippen MR) is 76.9 cm³/mol. The molecule has 4 heteroatoms. The van der Waals surface area contributed by atoms with Crippen molar-refractivity contribution in [2.24, 2.45) is 11.7 Å². The average Bonchev–Trinajstić information content (AvgIpc) is 2.44. The lowest BCUT2D eigenvalue weighted by Gasteiger charge is -2.20. The van der Waals surface area contributed by atoms with Gasteiger partial charge in [0.1, 0.15) is 0 Å². The molecule has 0 heterocycles. The molecule has 0 saturated heterocycles. The van der Waals surface area contributed by atoms with Crippen LogP contribution in [-0.4, -0.2) is 34.0 Å². The lowest BCUT2D eigenvalue weighted by molar-refractivity contribution is 0.174. The normalized spacial score (nSPS) is 13.9. The van der Waals surface area contributed by atoms with Crippen molar-refractivity contribution in [3.63, 3.8) is 0 Å². The van der Waals surface area contributed by atoms with Crippen LogP contribution in [0.3, 0.4) is 0 Å². The first-order valence-electron chi connectivity index (χ1n) is 6.57. The third-order valence-electron chi connectivity index (χ3n) is 3.43. The second-order valence-electron chi connectivity index (χ2n) is 4.82. The Morgan fingerprint density at radius 3 is 2.37 bits per heavy atom. The maximum absolute atomic E-state index is 6.22. The molecule has 0 fully saturated rings. The molecule has 4 nitrogen and oxygen atoms in total. The molecular formula is C15H25NO3. The molecule has 0 aliphatic rings. The van der Waals surface area contributed by atoms with Crippen LogP contribution in [0.15, 0.2) is 18.2 Å². The Bertz CT molecular complexity index is 382. The summed E-state index contributed by atoms with van der Waals surface area (Å²) in [5.41, 5.74) is 7.39. The van der Waals surface area contributed by atoms with E-state index >= 15 is 0 Å². The Balaban J connectivity index is 2.66. The summed E-state index contributed by atoms with van der Waals surface area (Å²) in [5, 5.41) is 0. The summed E-state index contributed by atoms with van der Waals surface area (Å²) >= 11 is 0. The van der Waals surface area contributed by atoms with Gasteiger partial charge in [-0.2, -0.15) is 0 Å². The Kier molecular flexibility index (Phi) is 6.67. The van der Waals surface area contributed by atoms with Crippen molar-refractivity contribution in [2.45, 2.75) is 25.8 Å². The highest BCUT2D eigenvalue weighted by molar-refractivity contribution is 5.43. The molecule has 0 radical (unpaired) electrons. The van der Waals surface area contributed by atoms with Crippen molar-refractivity contribution in [3.8, 4) is 11.5 Å². The van der Waals surface area contributed by atoms with Gasteiger partial charge >= 0.3 is 0 Å². The van der Waals surface area contributed by atoms with E-state index in [2.05, 4.69) is 6.92 Å². The molecule has 0 spiro atoms. The molecule has 0 aliphatic heterocycles. The van der Waals surface area contributed by atoms with Gasteiger partial charge in [0.05, 0.1) is 14.2 Å². The largest absolute Gasteiger partial charge is 0.493 e. The third-order valence-corrected chi connectivity index (χ3v) is 3.43. The molecule has 0 bridgehead atoms. The summed E-state index contributed by atoms with van der Waals surface area (Å²) in [6, 6.07) is 6.06. The smallest absolute Gasteiger partial charge is 0.160 e. The molecule has 108 valence electrons. The van der Waals surface area contributed by atoms with Crippen LogP contribution >= 0.6 is 0 Å². The van der Waals surface area contributed by atoms with Gasteiger partial charge in [-0.25, -0.2) is 0 Å². The molecular weight excluding hydrogens is 242 g/mol. The van der Waals surface area contributed by atoms with Crippen LogP contribution in [0, 0.1) is 5.92 Å². The van der Waals surface area contributed by atoms with Gasteiger partial charge < -0.3 is 19.9 Å². The van der Waals surface area contributed by atoms with Crippen molar-refractivity contribution < 1.29 is 14.2 Å². The monoisotopic (exact) mass is 267 g/mol. The van der Waals surface area contributed by atoms with Gasteiger partial charge in [0.15, 0.2) is 11.5 Å². The van der Waals surface area contributed by atoms with Gasteiger partial charge in [0, 0.05) is 19.8 Å². The number of rotatable bonds is 8. The Morgan fingerprint density at radius 1 is 1.11 bits per heavy atom. The lowest BCUT2D eigenvalue weighted by Crippen LogP contribution is -2.31. The minimum absolute atomic E-state index is 0.119. The number of hydrogen-bond acceptors (Lipinski definition) is 4. The third kappa shape index (κ3) is 4.73. The number of benzene rings is 1. The SMILES string of the molecule is COCCC(C)C(N)Cc1ccc(OC)c(OC)c1. The minimum Gasteiger partial charge on any atom is -0.493 e. The fourth-order valence-electron chi connectivity index (χ4n) is 2.00. The van der Waals surface area contributed by atoms with E-state index in [0.29, 0.717) is 5.92 Å². The van der Waals surface area contributed by atoms with E-state index in [4.69, 9.17) is 19.9 Å². The van der Waals surface area contributed by atoms with E-state index in [-0.39, 0.29) is 6.04 Å². The standard InChI is InChI=1S/C15H25NO3/c1-11(7-8-17-2)13(16)9-12-5-6-14(18-3)15(10-12)19-4/h5-6,10-11,13H,7-9,16H2,1-4H3. The molecule has 2 atom stereocenters. The highest BCUT2D eigenvalue weighted by Crippen LogP contribution is 2.28. The van der Waals surface area contributed by atoms with Crippen LogP contribution < -0.4 is 15.2 Å². The van der Waals surface area contributed by atoms with Crippen LogP contribution in [0.2, 0.25) is 0 Å². The summed E-state index contributed by atoms with van der Waals surface area (Å²) in [6.45, 7) is 2.91. The van der Waals surface area contributed by atoms with Gasteiger partial charge in [-0.05, 0) is 36.5 Å². The van der Waals surface area contributed by atoms with Gasteiger partial charge in [0.2, 0.25) is 0 Å². The summed E-state index contributed by atoms with van der Waals surface area (Å²) in [5.74, 6) is 1.91. The predicted octanol–water partition coefficient (Wildman–Crippen LogP) is 2.25. The fraction of sp³-hybridized carbons (Fsp3) is 0.600. The van der Waals surface area contributed by atoms with E-state index in [1.165, 1.54) is 0 Å². The highest BCUT2D eigenvalue weighted by atomic mass is 16.5. The number of methoxy groups -OCH3 is 3. The van der Waals surface area contributed by atoms with Gasteiger partial charge in [-0.1, -0.05) is 13.0 Å². The topological polar surface area (TPSA) is 53.7 Å². The quantitative estimate of drug-likeness (QED) is 0.785. The first kappa shape index (κ1) is 15.8. The van der Waals surface area contributed by atoms with E-state index in [9.17, 15) is 0 Å². The van der Waals surface area contributed by atoms with E-state index in [1.807, 2.05) is 18.2 Å². The summed E-state index contributed by atoms with van der Waals surface area (Å²) < 4.78 is 15.6. The molecule has 2 N–H and O–H groups in total. The van der Waals surface area contributed by atoms with Crippen molar-refractivity contribution in [2.75, 3.05) is 27.9 Å². The van der Waals surface area contributed by atoms with E-state index in [1.54, 1.807) is 21.3 Å². The Morgan fingerprint density at radius 2 is 1.79 bits per heavy atom. The molecule has 19 heavy (non-hydrogen) atoms. The lowest BCUT2D eigenvalue weighted by atomic mass is 9.93. The minimum atomic E-state index is 0.119. The average molecular weight is 267 g/mol. The maximum Gasteiger partial charge on any atom is 0.160 e.